The molecule has 9 heteroatoms. The molecule has 3 aromatic carbocycles. The van der Waals surface area contributed by atoms with Crippen LogP contribution in [-0.4, -0.2) is 35.2 Å². The van der Waals surface area contributed by atoms with Crippen LogP contribution in [0, 0.1) is 10.1 Å². The van der Waals surface area contributed by atoms with E-state index in [0.29, 0.717) is 22.9 Å². The Hall–Kier alpha value is -4.34. The molecule has 0 fully saturated rings. The maximum Gasteiger partial charge on any atom is 0.341 e. The molecule has 4 aromatic rings. The number of hydrogen-bond donors (Lipinski definition) is 0. The van der Waals surface area contributed by atoms with Crippen LogP contribution in [0.3, 0.4) is 0 Å². The Labute approximate surface area is 236 Å². The van der Waals surface area contributed by atoms with Crippen molar-refractivity contribution in [1.82, 2.24) is 4.90 Å². The molecule has 0 saturated heterocycles. The Balaban J connectivity index is 1.31. The first-order valence-electron chi connectivity index (χ1n) is 13.1. The van der Waals surface area contributed by atoms with Gasteiger partial charge in [-0.2, -0.15) is 0 Å². The lowest BCUT2D eigenvalue weighted by Crippen LogP contribution is -2.29. The number of nitro benzene ring substituents is 1. The molecule has 8 nitrogen and oxygen atoms in total. The highest BCUT2D eigenvalue weighted by molar-refractivity contribution is 7.16. The van der Waals surface area contributed by atoms with Gasteiger partial charge in [-0.3, -0.25) is 15.0 Å². The number of nitro groups is 1. The minimum absolute atomic E-state index is 0.0447. The third kappa shape index (κ3) is 6.62. The van der Waals surface area contributed by atoms with Crippen LogP contribution in [0.5, 0.6) is 5.75 Å². The van der Waals surface area contributed by atoms with Crippen molar-refractivity contribution < 1.29 is 19.2 Å². The van der Waals surface area contributed by atoms with E-state index in [-0.39, 0.29) is 18.3 Å². The van der Waals surface area contributed by atoms with Gasteiger partial charge in [-0.1, -0.05) is 42.5 Å². The molecule has 1 aliphatic rings. The predicted molar refractivity (Wildman–Crippen MR) is 156 cm³/mol. The summed E-state index contributed by atoms with van der Waals surface area (Å²) in [6.07, 6.45) is 2.51. The quantitative estimate of drug-likeness (QED) is 0.0933. The fourth-order valence-electron chi connectivity index (χ4n) is 4.62. The molecule has 0 N–H and O–H groups in total. The van der Waals surface area contributed by atoms with E-state index in [1.807, 2.05) is 37.3 Å². The maximum absolute atomic E-state index is 13.0. The van der Waals surface area contributed by atoms with Crippen LogP contribution in [0.25, 0.3) is 0 Å². The number of thiophene rings is 1. The molecule has 0 radical (unpaired) electrons. The number of non-ortho nitro benzene ring substituents is 1. The second kappa shape index (κ2) is 12.7. The molecule has 0 aliphatic carbocycles. The van der Waals surface area contributed by atoms with Gasteiger partial charge in [0.1, 0.15) is 17.4 Å². The highest BCUT2D eigenvalue weighted by Crippen LogP contribution is 2.39. The van der Waals surface area contributed by atoms with Crippen LogP contribution in [0.4, 0.5) is 10.7 Å². The topological polar surface area (TPSA) is 94.3 Å². The Bertz CT molecular complexity index is 1520. The molecule has 0 unspecified atom stereocenters. The lowest BCUT2D eigenvalue weighted by atomic mass is 10.0. The van der Waals surface area contributed by atoms with E-state index in [0.717, 1.165) is 47.6 Å². The molecule has 40 heavy (non-hydrogen) atoms. The Kier molecular flexibility index (Phi) is 8.63. The first-order chi connectivity index (χ1) is 19.5. The number of rotatable bonds is 10. The summed E-state index contributed by atoms with van der Waals surface area (Å²) in [6.45, 7) is 4.89. The van der Waals surface area contributed by atoms with E-state index in [4.69, 9.17) is 14.5 Å². The summed E-state index contributed by atoms with van der Waals surface area (Å²) in [7, 11) is 0. The molecule has 5 rings (SSSR count). The van der Waals surface area contributed by atoms with Crippen molar-refractivity contribution in [2.24, 2.45) is 4.99 Å². The Morgan fingerprint density at radius 2 is 1.88 bits per heavy atom. The van der Waals surface area contributed by atoms with Gasteiger partial charge in [0.25, 0.3) is 5.69 Å². The summed E-state index contributed by atoms with van der Waals surface area (Å²) in [5.74, 6) is 0.318. The number of aliphatic imine (C=N–C) groups is 1. The zero-order chi connectivity index (χ0) is 27.9. The lowest BCUT2D eigenvalue weighted by molar-refractivity contribution is -0.384. The van der Waals surface area contributed by atoms with Crippen molar-refractivity contribution in [2.75, 3.05) is 13.2 Å². The zero-order valence-electron chi connectivity index (χ0n) is 22.1. The van der Waals surface area contributed by atoms with Crippen molar-refractivity contribution in [3.8, 4) is 5.75 Å². The van der Waals surface area contributed by atoms with Crippen LogP contribution < -0.4 is 4.74 Å². The van der Waals surface area contributed by atoms with Crippen LogP contribution in [-0.2, 0) is 30.9 Å². The largest absolute Gasteiger partial charge is 0.489 e. The number of hydrogen-bond acceptors (Lipinski definition) is 8. The summed E-state index contributed by atoms with van der Waals surface area (Å²) < 4.78 is 11.3. The summed E-state index contributed by atoms with van der Waals surface area (Å²) in [6, 6.07) is 24.2. The number of fused-ring (bicyclic) bond motifs is 1. The smallest absolute Gasteiger partial charge is 0.341 e. The lowest BCUT2D eigenvalue weighted by Gasteiger charge is -2.27. The summed E-state index contributed by atoms with van der Waals surface area (Å²) in [5.41, 5.74) is 4.58. The summed E-state index contributed by atoms with van der Waals surface area (Å²) in [4.78, 5) is 31.7. The van der Waals surface area contributed by atoms with Crippen molar-refractivity contribution in [1.29, 1.82) is 0 Å². The fourth-order valence-corrected chi connectivity index (χ4v) is 5.84. The van der Waals surface area contributed by atoms with E-state index in [2.05, 4.69) is 29.2 Å². The average molecular weight is 556 g/mol. The summed E-state index contributed by atoms with van der Waals surface area (Å²) in [5, 5.41) is 11.5. The van der Waals surface area contributed by atoms with Gasteiger partial charge in [-0.15, -0.1) is 11.3 Å². The molecule has 0 atom stereocenters. The molecule has 0 saturated carbocycles. The van der Waals surface area contributed by atoms with Crippen LogP contribution in [0.1, 0.15) is 44.4 Å². The van der Waals surface area contributed by atoms with Gasteiger partial charge in [0.05, 0.1) is 17.1 Å². The van der Waals surface area contributed by atoms with Gasteiger partial charge in [-0.05, 0) is 59.9 Å². The van der Waals surface area contributed by atoms with Crippen LogP contribution in [0.15, 0.2) is 83.9 Å². The highest BCUT2D eigenvalue weighted by Gasteiger charge is 2.28. The molecule has 0 spiro atoms. The van der Waals surface area contributed by atoms with Crippen LogP contribution >= 0.6 is 11.3 Å². The van der Waals surface area contributed by atoms with E-state index in [9.17, 15) is 14.9 Å². The van der Waals surface area contributed by atoms with Crippen molar-refractivity contribution in [3.05, 3.63) is 122 Å². The number of esters is 1. The van der Waals surface area contributed by atoms with Gasteiger partial charge in [0, 0.05) is 42.9 Å². The average Bonchev–Trinajstić information content (AvgIpc) is 3.34. The molecular weight excluding hydrogens is 526 g/mol. The van der Waals surface area contributed by atoms with E-state index >= 15 is 0 Å². The van der Waals surface area contributed by atoms with E-state index in [1.54, 1.807) is 29.7 Å². The predicted octanol–water partition coefficient (Wildman–Crippen LogP) is 6.72. The van der Waals surface area contributed by atoms with Gasteiger partial charge in [0.2, 0.25) is 0 Å². The minimum atomic E-state index is -0.425. The number of carbonyl (C=O) groups is 1. The van der Waals surface area contributed by atoms with Crippen molar-refractivity contribution >= 4 is 34.2 Å². The maximum atomic E-state index is 13.0. The minimum Gasteiger partial charge on any atom is -0.489 e. The molecule has 0 amide bonds. The highest BCUT2D eigenvalue weighted by atomic mass is 32.1. The molecule has 2 heterocycles. The van der Waals surface area contributed by atoms with Crippen LogP contribution in [0.2, 0.25) is 0 Å². The molecule has 204 valence electrons. The third-order valence-electron chi connectivity index (χ3n) is 6.59. The van der Waals surface area contributed by atoms with Crippen molar-refractivity contribution in [2.45, 2.75) is 33.0 Å². The Morgan fingerprint density at radius 3 is 2.62 bits per heavy atom. The standard InChI is InChI=1S/C31H29N3O5S/c1-2-38-31(35)29-27-15-16-33(19-22-7-4-3-5-8-22)20-28(27)40-30(29)32-18-24-9-6-10-26(17-24)39-21-23-11-13-25(14-12-23)34(36)37/h3-14,17-18H,2,15-16,19-21H2,1H3. The van der Waals surface area contributed by atoms with Gasteiger partial charge in [-0.25, -0.2) is 9.79 Å². The fraction of sp³-hybridized carbons (Fsp3) is 0.226. The van der Waals surface area contributed by atoms with Gasteiger partial charge < -0.3 is 9.47 Å². The first-order valence-corrected chi connectivity index (χ1v) is 13.9. The second-order valence-corrected chi connectivity index (χ2v) is 10.5. The molecule has 1 aliphatic heterocycles. The second-order valence-electron chi connectivity index (χ2n) is 9.39. The zero-order valence-corrected chi connectivity index (χ0v) is 22.9. The number of benzene rings is 3. The van der Waals surface area contributed by atoms with Gasteiger partial charge in [0.15, 0.2) is 0 Å². The number of nitrogens with zero attached hydrogens (tertiary/aromatic N) is 3. The third-order valence-corrected chi connectivity index (χ3v) is 7.71. The number of carbonyl (C=O) groups excluding carboxylic acids is 1. The summed E-state index contributed by atoms with van der Waals surface area (Å²) >= 11 is 1.54. The molecular formula is C31H29N3O5S. The van der Waals surface area contributed by atoms with Gasteiger partial charge >= 0.3 is 5.97 Å². The molecule has 1 aromatic heterocycles. The Morgan fingerprint density at radius 1 is 1.07 bits per heavy atom. The number of ether oxygens (including phenoxy) is 2. The molecule has 0 bridgehead atoms. The SMILES string of the molecule is CCOC(=O)c1c(N=Cc2cccc(OCc3ccc([N+](=O)[O-])cc3)c2)sc2c1CCN(Cc1ccccc1)C2. The van der Waals surface area contributed by atoms with E-state index < -0.39 is 4.92 Å². The monoisotopic (exact) mass is 555 g/mol. The van der Waals surface area contributed by atoms with Crippen molar-refractivity contribution in [3.63, 3.8) is 0 Å². The van der Waals surface area contributed by atoms with E-state index in [1.165, 1.54) is 17.7 Å². The normalized spacial score (nSPS) is 13.2. The first kappa shape index (κ1) is 27.2.